The number of hydrogen-bond donors (Lipinski definition) is 2. The van der Waals surface area contributed by atoms with Gasteiger partial charge in [0.05, 0.1) is 0 Å². The van der Waals surface area contributed by atoms with Gasteiger partial charge in [0.25, 0.3) is 11.5 Å². The Kier molecular flexibility index (Phi) is 4.07. The number of pyridine rings is 1. The molecular weight excluding hydrogens is 218 g/mol. The van der Waals surface area contributed by atoms with Crippen molar-refractivity contribution in [2.75, 3.05) is 6.54 Å². The molecule has 0 atom stereocenters. The molecule has 0 aliphatic heterocycles. The number of carbonyl (C=O) groups excluding carboxylic acids is 1. The van der Waals surface area contributed by atoms with Crippen LogP contribution in [0.2, 0.25) is 0 Å². The normalized spacial score (nSPS) is 11.3. The number of nitrogens with two attached hydrogens (primary N) is 1. The zero-order valence-electron chi connectivity index (χ0n) is 10.5. The summed E-state index contributed by atoms with van der Waals surface area (Å²) in [5.74, 6) is -0.249. The van der Waals surface area contributed by atoms with Crippen LogP contribution in [0.1, 0.15) is 30.6 Å². The van der Waals surface area contributed by atoms with Gasteiger partial charge < -0.3 is 15.6 Å². The second kappa shape index (κ2) is 5.14. The summed E-state index contributed by atoms with van der Waals surface area (Å²) in [6.07, 6.45) is 2.26. The first-order chi connectivity index (χ1) is 7.85. The van der Waals surface area contributed by atoms with Gasteiger partial charge in [-0.3, -0.25) is 9.59 Å². The molecule has 1 amide bonds. The minimum atomic E-state index is -0.368. The van der Waals surface area contributed by atoms with Crippen LogP contribution in [0.4, 0.5) is 0 Å². The van der Waals surface area contributed by atoms with E-state index in [0.717, 1.165) is 0 Å². The number of rotatable bonds is 4. The predicted molar refractivity (Wildman–Crippen MR) is 66.9 cm³/mol. The van der Waals surface area contributed by atoms with Crippen molar-refractivity contribution in [2.24, 2.45) is 12.8 Å². The van der Waals surface area contributed by atoms with Crippen molar-refractivity contribution in [1.82, 2.24) is 9.88 Å². The number of amides is 1. The fourth-order valence-corrected chi connectivity index (χ4v) is 1.49. The highest BCUT2D eigenvalue weighted by Crippen LogP contribution is 2.08. The average Bonchev–Trinajstić information content (AvgIpc) is 2.21. The van der Waals surface area contributed by atoms with E-state index < -0.39 is 0 Å². The largest absolute Gasteiger partial charge is 0.347 e. The van der Waals surface area contributed by atoms with Gasteiger partial charge in [-0.1, -0.05) is 0 Å². The molecule has 1 aromatic rings. The van der Waals surface area contributed by atoms with E-state index in [9.17, 15) is 9.59 Å². The van der Waals surface area contributed by atoms with E-state index in [1.54, 1.807) is 19.3 Å². The van der Waals surface area contributed by atoms with Gasteiger partial charge in [0, 0.05) is 30.4 Å². The summed E-state index contributed by atoms with van der Waals surface area (Å²) in [5.41, 5.74) is 5.27. The lowest BCUT2D eigenvalue weighted by atomic mass is 10.0. The Bertz CT molecular complexity index is 463. The maximum atomic E-state index is 11.9. The van der Waals surface area contributed by atoms with E-state index in [1.165, 1.54) is 10.6 Å². The molecule has 5 heteroatoms. The zero-order valence-corrected chi connectivity index (χ0v) is 10.5. The SMILES string of the molecule is Cn1ccc(C(=O)NC(C)(C)CCN)cc1=O. The number of nitrogens with zero attached hydrogens (tertiary/aromatic N) is 1. The fraction of sp³-hybridized carbons (Fsp3) is 0.500. The Hall–Kier alpha value is -1.62. The molecule has 1 heterocycles. The minimum Gasteiger partial charge on any atom is -0.347 e. The summed E-state index contributed by atoms with van der Waals surface area (Å²) in [5, 5.41) is 2.85. The molecule has 3 N–H and O–H groups in total. The molecule has 0 aromatic carbocycles. The van der Waals surface area contributed by atoms with Crippen molar-refractivity contribution in [1.29, 1.82) is 0 Å². The summed E-state index contributed by atoms with van der Waals surface area (Å²) >= 11 is 0. The van der Waals surface area contributed by atoms with Crippen molar-refractivity contribution in [3.8, 4) is 0 Å². The highest BCUT2D eigenvalue weighted by molar-refractivity contribution is 5.94. The third kappa shape index (κ3) is 3.71. The third-order valence-electron chi connectivity index (χ3n) is 2.59. The van der Waals surface area contributed by atoms with Crippen LogP contribution in [0.15, 0.2) is 23.1 Å². The zero-order chi connectivity index (χ0) is 13.1. The Morgan fingerprint density at radius 1 is 1.53 bits per heavy atom. The molecule has 0 spiro atoms. The smallest absolute Gasteiger partial charge is 0.251 e. The molecule has 0 saturated carbocycles. The summed E-state index contributed by atoms with van der Waals surface area (Å²) in [7, 11) is 1.64. The van der Waals surface area contributed by atoms with Crippen LogP contribution in [-0.2, 0) is 7.05 Å². The van der Waals surface area contributed by atoms with Crippen LogP contribution in [0.3, 0.4) is 0 Å². The average molecular weight is 237 g/mol. The highest BCUT2D eigenvalue weighted by atomic mass is 16.2. The van der Waals surface area contributed by atoms with E-state index in [1.807, 2.05) is 13.8 Å². The molecule has 0 aliphatic carbocycles. The Morgan fingerprint density at radius 3 is 2.71 bits per heavy atom. The van der Waals surface area contributed by atoms with Crippen molar-refractivity contribution in [2.45, 2.75) is 25.8 Å². The van der Waals surface area contributed by atoms with Crippen LogP contribution in [-0.4, -0.2) is 22.6 Å². The monoisotopic (exact) mass is 237 g/mol. The Morgan fingerprint density at radius 2 is 2.18 bits per heavy atom. The maximum absolute atomic E-state index is 11.9. The van der Waals surface area contributed by atoms with Crippen LogP contribution < -0.4 is 16.6 Å². The third-order valence-corrected chi connectivity index (χ3v) is 2.59. The van der Waals surface area contributed by atoms with Crippen molar-refractivity contribution in [3.63, 3.8) is 0 Å². The topological polar surface area (TPSA) is 77.1 Å². The van der Waals surface area contributed by atoms with Crippen LogP contribution >= 0.6 is 0 Å². The molecule has 0 aliphatic rings. The van der Waals surface area contributed by atoms with Gasteiger partial charge in [-0.15, -0.1) is 0 Å². The molecule has 5 nitrogen and oxygen atoms in total. The lowest BCUT2D eigenvalue weighted by Crippen LogP contribution is -2.45. The van der Waals surface area contributed by atoms with E-state index in [0.29, 0.717) is 18.5 Å². The number of hydrogen-bond acceptors (Lipinski definition) is 3. The second-order valence-electron chi connectivity index (χ2n) is 4.74. The standard InChI is InChI=1S/C12H19N3O2/c1-12(2,5-6-13)14-11(17)9-4-7-15(3)10(16)8-9/h4,7-8H,5-6,13H2,1-3H3,(H,14,17). The second-order valence-corrected chi connectivity index (χ2v) is 4.74. The van der Waals surface area contributed by atoms with Gasteiger partial charge >= 0.3 is 0 Å². The highest BCUT2D eigenvalue weighted by Gasteiger charge is 2.20. The van der Waals surface area contributed by atoms with E-state index >= 15 is 0 Å². The first-order valence-electron chi connectivity index (χ1n) is 5.55. The quantitative estimate of drug-likeness (QED) is 0.787. The van der Waals surface area contributed by atoms with Crippen LogP contribution in [0.5, 0.6) is 0 Å². The summed E-state index contributed by atoms with van der Waals surface area (Å²) < 4.78 is 1.42. The molecule has 17 heavy (non-hydrogen) atoms. The number of carbonyl (C=O) groups is 1. The molecule has 1 aromatic heterocycles. The molecular formula is C12H19N3O2. The van der Waals surface area contributed by atoms with Gasteiger partial charge in [-0.05, 0) is 32.9 Å². The van der Waals surface area contributed by atoms with Crippen molar-refractivity contribution in [3.05, 3.63) is 34.2 Å². The van der Waals surface area contributed by atoms with Gasteiger partial charge in [-0.2, -0.15) is 0 Å². The van der Waals surface area contributed by atoms with Crippen LogP contribution in [0.25, 0.3) is 0 Å². The van der Waals surface area contributed by atoms with E-state index in [2.05, 4.69) is 5.32 Å². The van der Waals surface area contributed by atoms with Gasteiger partial charge in [-0.25, -0.2) is 0 Å². The van der Waals surface area contributed by atoms with E-state index in [4.69, 9.17) is 5.73 Å². The Balaban J connectivity index is 2.83. The van der Waals surface area contributed by atoms with E-state index in [-0.39, 0.29) is 17.0 Å². The predicted octanol–water partition coefficient (Wildman–Crippen LogP) is 0.243. The van der Waals surface area contributed by atoms with Gasteiger partial charge in [0.15, 0.2) is 0 Å². The lowest BCUT2D eigenvalue weighted by molar-refractivity contribution is 0.0910. The summed E-state index contributed by atoms with van der Waals surface area (Å²) in [6, 6.07) is 2.95. The molecule has 94 valence electrons. The van der Waals surface area contributed by atoms with Crippen molar-refractivity contribution >= 4 is 5.91 Å². The fourth-order valence-electron chi connectivity index (χ4n) is 1.49. The summed E-state index contributed by atoms with van der Waals surface area (Å²) in [4.78, 5) is 23.3. The lowest BCUT2D eigenvalue weighted by Gasteiger charge is -2.25. The number of nitrogens with one attached hydrogen (secondary N) is 1. The van der Waals surface area contributed by atoms with Crippen LogP contribution in [0, 0.1) is 0 Å². The first kappa shape index (κ1) is 13.4. The first-order valence-corrected chi connectivity index (χ1v) is 5.55. The molecule has 0 bridgehead atoms. The van der Waals surface area contributed by atoms with Gasteiger partial charge in [0.2, 0.25) is 0 Å². The van der Waals surface area contributed by atoms with Gasteiger partial charge in [0.1, 0.15) is 0 Å². The van der Waals surface area contributed by atoms with Crippen molar-refractivity contribution < 1.29 is 4.79 Å². The number of aromatic nitrogens is 1. The maximum Gasteiger partial charge on any atom is 0.251 e. The molecule has 0 unspecified atom stereocenters. The molecule has 0 saturated heterocycles. The summed E-state index contributed by atoms with van der Waals surface area (Å²) in [6.45, 7) is 4.31. The minimum absolute atomic E-state index is 0.200. The Labute approximate surface area is 101 Å². The molecule has 1 rings (SSSR count). The molecule has 0 fully saturated rings. The number of aryl methyl sites for hydroxylation is 1. The molecule has 0 radical (unpaired) electrons.